The van der Waals surface area contributed by atoms with E-state index in [1.807, 2.05) is 17.0 Å². The van der Waals surface area contributed by atoms with Crippen molar-refractivity contribution in [3.8, 4) is 12.3 Å². The molecule has 1 aromatic rings. The second-order valence-corrected chi connectivity index (χ2v) is 6.07. The minimum Gasteiger partial charge on any atom is -0.341 e. The third-order valence-electron chi connectivity index (χ3n) is 4.25. The van der Waals surface area contributed by atoms with Crippen LogP contribution in [-0.4, -0.2) is 23.9 Å². The van der Waals surface area contributed by atoms with Gasteiger partial charge in [-0.25, -0.2) is 0 Å². The van der Waals surface area contributed by atoms with Crippen LogP contribution in [0, 0.1) is 18.3 Å². The van der Waals surface area contributed by atoms with Gasteiger partial charge < -0.3 is 4.90 Å². The molecule has 1 saturated heterocycles. The van der Waals surface area contributed by atoms with Gasteiger partial charge in [-0.05, 0) is 30.5 Å². The van der Waals surface area contributed by atoms with Crippen LogP contribution in [0.15, 0.2) is 24.3 Å². The second kappa shape index (κ2) is 4.58. The zero-order valence-corrected chi connectivity index (χ0v) is 11.5. The summed E-state index contributed by atoms with van der Waals surface area (Å²) in [6.45, 7) is 1.51. The van der Waals surface area contributed by atoms with E-state index in [0.717, 1.165) is 24.4 Å². The quantitative estimate of drug-likeness (QED) is 0.776. The molecule has 0 radical (unpaired) electrons. The monoisotopic (exact) mass is 273 g/mol. The third kappa shape index (κ3) is 2.35. The number of halogens is 1. The van der Waals surface area contributed by atoms with E-state index < -0.39 is 0 Å². The number of carbonyl (C=O) groups is 1. The topological polar surface area (TPSA) is 20.3 Å². The number of amides is 1. The first kappa shape index (κ1) is 12.6. The van der Waals surface area contributed by atoms with E-state index in [2.05, 4.69) is 18.1 Å². The van der Waals surface area contributed by atoms with Crippen LogP contribution in [0.3, 0.4) is 0 Å². The van der Waals surface area contributed by atoms with Crippen molar-refractivity contribution in [2.45, 2.75) is 24.7 Å². The predicted molar refractivity (Wildman–Crippen MR) is 75.9 cm³/mol. The first-order valence-electron chi connectivity index (χ1n) is 6.63. The van der Waals surface area contributed by atoms with Crippen LogP contribution in [-0.2, 0) is 10.2 Å². The maximum Gasteiger partial charge on any atom is 0.223 e. The summed E-state index contributed by atoms with van der Waals surface area (Å²) in [6, 6.07) is 8.00. The maximum atomic E-state index is 11.9. The van der Waals surface area contributed by atoms with E-state index in [4.69, 9.17) is 18.0 Å². The van der Waals surface area contributed by atoms with E-state index in [1.165, 1.54) is 5.56 Å². The summed E-state index contributed by atoms with van der Waals surface area (Å²) in [4.78, 5) is 13.9. The van der Waals surface area contributed by atoms with Crippen LogP contribution in [0.2, 0.25) is 5.02 Å². The fourth-order valence-electron chi connectivity index (χ4n) is 2.89. The van der Waals surface area contributed by atoms with Gasteiger partial charge >= 0.3 is 0 Å². The summed E-state index contributed by atoms with van der Waals surface area (Å²) in [6.07, 6.45) is 8.21. The van der Waals surface area contributed by atoms with Crippen molar-refractivity contribution >= 4 is 17.5 Å². The molecule has 1 heterocycles. The summed E-state index contributed by atoms with van der Waals surface area (Å²) in [5, 5.41) is 0.754. The van der Waals surface area contributed by atoms with E-state index >= 15 is 0 Å². The maximum absolute atomic E-state index is 11.9. The average molecular weight is 274 g/mol. The number of nitrogens with zero attached hydrogens (tertiary/aromatic N) is 1. The molecule has 98 valence electrons. The van der Waals surface area contributed by atoms with Gasteiger partial charge in [0.25, 0.3) is 0 Å². The Kier molecular flexibility index (Phi) is 3.03. The molecule has 1 atom stereocenters. The third-order valence-corrected chi connectivity index (χ3v) is 4.51. The van der Waals surface area contributed by atoms with E-state index in [0.29, 0.717) is 13.0 Å². The number of hydrogen-bond acceptors (Lipinski definition) is 1. The molecule has 1 amide bonds. The second-order valence-electron chi connectivity index (χ2n) is 5.63. The Morgan fingerprint density at radius 2 is 2.05 bits per heavy atom. The lowest BCUT2D eigenvalue weighted by atomic mass is 9.95. The van der Waals surface area contributed by atoms with E-state index in [-0.39, 0.29) is 17.2 Å². The van der Waals surface area contributed by atoms with Gasteiger partial charge in [-0.1, -0.05) is 23.7 Å². The van der Waals surface area contributed by atoms with Gasteiger partial charge in [0.15, 0.2) is 0 Å². The molecular weight excluding hydrogens is 258 g/mol. The molecule has 2 fully saturated rings. The van der Waals surface area contributed by atoms with E-state index in [9.17, 15) is 4.79 Å². The summed E-state index contributed by atoms with van der Waals surface area (Å²) in [5.74, 6) is 2.99. The van der Waals surface area contributed by atoms with E-state index in [1.54, 1.807) is 0 Å². The van der Waals surface area contributed by atoms with Gasteiger partial charge in [0, 0.05) is 35.9 Å². The van der Waals surface area contributed by atoms with Crippen molar-refractivity contribution in [1.82, 2.24) is 4.90 Å². The van der Waals surface area contributed by atoms with Crippen molar-refractivity contribution < 1.29 is 4.79 Å². The number of benzene rings is 1. The Labute approximate surface area is 118 Å². The standard InChI is InChI=1S/C16H16ClNO/c1-2-12-9-15(19)18(10-12)11-16(7-8-16)13-3-5-14(17)6-4-13/h1,3-6,12H,7-11H2. The van der Waals surface area contributed by atoms with Crippen molar-refractivity contribution in [3.05, 3.63) is 34.9 Å². The molecule has 2 aliphatic rings. The van der Waals surface area contributed by atoms with Gasteiger partial charge in [-0.3, -0.25) is 4.79 Å². The summed E-state index contributed by atoms with van der Waals surface area (Å²) < 4.78 is 0. The normalized spacial score (nSPS) is 24.3. The van der Waals surface area contributed by atoms with Gasteiger partial charge in [-0.15, -0.1) is 12.3 Å². The van der Waals surface area contributed by atoms with Crippen LogP contribution in [0.4, 0.5) is 0 Å². The average Bonchev–Trinajstić information content (AvgIpc) is 3.10. The van der Waals surface area contributed by atoms with Crippen LogP contribution < -0.4 is 0 Å². The van der Waals surface area contributed by atoms with Crippen LogP contribution in [0.5, 0.6) is 0 Å². The molecule has 0 spiro atoms. The number of carbonyl (C=O) groups excluding carboxylic acids is 1. The Balaban J connectivity index is 1.75. The summed E-state index contributed by atoms with van der Waals surface area (Å²) in [5.41, 5.74) is 1.43. The van der Waals surface area contributed by atoms with Gasteiger partial charge in [0.1, 0.15) is 0 Å². The smallest absolute Gasteiger partial charge is 0.223 e. The molecule has 19 heavy (non-hydrogen) atoms. The van der Waals surface area contributed by atoms with Crippen LogP contribution in [0.1, 0.15) is 24.8 Å². The Morgan fingerprint density at radius 1 is 1.37 bits per heavy atom. The molecule has 3 rings (SSSR count). The minimum atomic E-state index is 0.0912. The largest absolute Gasteiger partial charge is 0.341 e. The summed E-state index contributed by atoms with van der Waals surface area (Å²) in [7, 11) is 0. The fourth-order valence-corrected chi connectivity index (χ4v) is 3.02. The zero-order chi connectivity index (χ0) is 13.5. The zero-order valence-electron chi connectivity index (χ0n) is 10.7. The lowest BCUT2D eigenvalue weighted by Crippen LogP contribution is -2.33. The molecule has 0 N–H and O–H groups in total. The van der Waals surface area contributed by atoms with Crippen molar-refractivity contribution in [3.63, 3.8) is 0 Å². The van der Waals surface area contributed by atoms with Gasteiger partial charge in [0.2, 0.25) is 5.91 Å². The Morgan fingerprint density at radius 3 is 2.58 bits per heavy atom. The lowest BCUT2D eigenvalue weighted by molar-refractivity contribution is -0.128. The van der Waals surface area contributed by atoms with Crippen molar-refractivity contribution in [1.29, 1.82) is 0 Å². The highest BCUT2D eigenvalue weighted by molar-refractivity contribution is 6.30. The molecule has 1 aliphatic carbocycles. The number of likely N-dealkylation sites (tertiary alicyclic amines) is 1. The van der Waals surface area contributed by atoms with Gasteiger partial charge in [-0.2, -0.15) is 0 Å². The first-order valence-corrected chi connectivity index (χ1v) is 7.01. The molecule has 1 aliphatic heterocycles. The van der Waals surface area contributed by atoms with Gasteiger partial charge in [0.05, 0.1) is 0 Å². The SMILES string of the molecule is C#CC1CC(=O)N(CC2(c3ccc(Cl)cc3)CC2)C1. The fraction of sp³-hybridized carbons (Fsp3) is 0.438. The molecule has 2 nitrogen and oxygen atoms in total. The Hall–Kier alpha value is -1.46. The number of terminal acetylenes is 1. The van der Waals surface area contributed by atoms with Crippen molar-refractivity contribution in [2.24, 2.45) is 5.92 Å². The molecule has 1 unspecified atom stereocenters. The Bertz CT molecular complexity index is 539. The predicted octanol–water partition coefficient (Wildman–Crippen LogP) is 2.85. The molecule has 0 bridgehead atoms. The molecule has 1 saturated carbocycles. The minimum absolute atomic E-state index is 0.0912. The highest BCUT2D eigenvalue weighted by atomic mass is 35.5. The van der Waals surface area contributed by atoms with Crippen LogP contribution in [0.25, 0.3) is 0 Å². The summed E-state index contributed by atoms with van der Waals surface area (Å²) >= 11 is 5.93. The number of hydrogen-bond donors (Lipinski definition) is 0. The molecule has 1 aromatic carbocycles. The van der Waals surface area contributed by atoms with Crippen LogP contribution >= 0.6 is 11.6 Å². The lowest BCUT2D eigenvalue weighted by Gasteiger charge is -2.24. The number of rotatable bonds is 3. The highest BCUT2D eigenvalue weighted by Crippen LogP contribution is 2.49. The van der Waals surface area contributed by atoms with Crippen molar-refractivity contribution in [2.75, 3.05) is 13.1 Å². The molecule has 3 heteroatoms. The molecular formula is C16H16ClNO. The molecule has 0 aromatic heterocycles. The first-order chi connectivity index (χ1) is 9.13. The highest BCUT2D eigenvalue weighted by Gasteiger charge is 2.47.